The Balaban J connectivity index is 2.20. The van der Waals surface area contributed by atoms with Crippen LogP contribution in [0, 0.1) is 11.7 Å². The van der Waals surface area contributed by atoms with Crippen LogP contribution in [0.1, 0.15) is 29.6 Å². The van der Waals surface area contributed by atoms with Gasteiger partial charge in [0.1, 0.15) is 5.82 Å². The summed E-state index contributed by atoms with van der Waals surface area (Å²) in [6, 6.07) is 2.95. The normalized spacial score (nSPS) is 22.2. The van der Waals surface area contributed by atoms with E-state index in [1.807, 2.05) is 0 Å². The number of hydrogen-bond acceptors (Lipinski definition) is 3. The van der Waals surface area contributed by atoms with Gasteiger partial charge < -0.3 is 16.2 Å². The minimum Gasteiger partial charge on any atom is -0.478 e. The molecule has 1 aliphatic rings. The third kappa shape index (κ3) is 2.90. The molecule has 0 bridgehead atoms. The monoisotopic (exact) mass is 266 g/mol. The molecule has 1 fully saturated rings. The van der Waals surface area contributed by atoms with Crippen LogP contribution in [-0.2, 0) is 4.79 Å². The number of aromatic carboxylic acids is 1. The molecular weight excluding hydrogens is 251 g/mol. The zero-order valence-electron chi connectivity index (χ0n) is 10.2. The van der Waals surface area contributed by atoms with Crippen molar-refractivity contribution in [2.24, 2.45) is 11.7 Å². The highest BCUT2D eigenvalue weighted by molar-refractivity contribution is 6.01. The number of benzene rings is 1. The molecule has 2 atom stereocenters. The Hall–Kier alpha value is -1.95. The number of carboxylic acids is 1. The number of hydrogen-bond donors (Lipinski definition) is 3. The summed E-state index contributed by atoms with van der Waals surface area (Å²) in [6.45, 7) is 0. The highest BCUT2D eigenvalue weighted by Gasteiger charge is 2.30. The van der Waals surface area contributed by atoms with Crippen LogP contribution in [0.4, 0.5) is 10.1 Å². The van der Waals surface area contributed by atoms with Gasteiger partial charge in [0, 0.05) is 6.04 Å². The Morgan fingerprint density at radius 3 is 2.68 bits per heavy atom. The number of carbonyl (C=O) groups excluding carboxylic acids is 1. The largest absolute Gasteiger partial charge is 0.478 e. The topological polar surface area (TPSA) is 92.4 Å². The number of nitrogens with two attached hydrogens (primary N) is 1. The molecule has 5 nitrogen and oxygen atoms in total. The molecule has 1 aromatic rings. The first-order valence-corrected chi connectivity index (χ1v) is 6.08. The van der Waals surface area contributed by atoms with Crippen molar-refractivity contribution < 1.29 is 19.1 Å². The maximum Gasteiger partial charge on any atom is 0.337 e. The van der Waals surface area contributed by atoms with Gasteiger partial charge in [-0.2, -0.15) is 0 Å². The van der Waals surface area contributed by atoms with Crippen molar-refractivity contribution in [2.75, 3.05) is 5.32 Å². The number of amides is 1. The van der Waals surface area contributed by atoms with E-state index < -0.39 is 11.8 Å². The first-order chi connectivity index (χ1) is 8.99. The molecule has 1 amide bonds. The fraction of sp³-hybridized carbons (Fsp3) is 0.385. The molecule has 0 heterocycles. The molecule has 102 valence electrons. The third-order valence-corrected chi connectivity index (χ3v) is 3.38. The predicted octanol–water partition coefficient (Wildman–Crippen LogP) is 1.59. The van der Waals surface area contributed by atoms with Gasteiger partial charge in [-0.15, -0.1) is 0 Å². The number of halogens is 1. The maximum atomic E-state index is 13.1. The molecule has 1 aliphatic carbocycles. The number of carboxylic acid groups (broad SMARTS) is 1. The van der Waals surface area contributed by atoms with Crippen LogP contribution in [0.3, 0.4) is 0 Å². The van der Waals surface area contributed by atoms with Crippen LogP contribution in [-0.4, -0.2) is 23.0 Å². The van der Waals surface area contributed by atoms with Crippen molar-refractivity contribution >= 4 is 17.6 Å². The molecule has 1 saturated carbocycles. The maximum absolute atomic E-state index is 13.1. The lowest BCUT2D eigenvalue weighted by Gasteiger charge is -2.16. The van der Waals surface area contributed by atoms with E-state index in [2.05, 4.69) is 5.32 Å². The van der Waals surface area contributed by atoms with Crippen LogP contribution in [0.25, 0.3) is 0 Å². The van der Waals surface area contributed by atoms with Gasteiger partial charge in [-0.25, -0.2) is 9.18 Å². The average Bonchev–Trinajstić information content (AvgIpc) is 2.75. The van der Waals surface area contributed by atoms with E-state index in [9.17, 15) is 14.0 Å². The summed E-state index contributed by atoms with van der Waals surface area (Å²) in [5, 5.41) is 11.5. The minimum atomic E-state index is -1.22. The highest BCUT2D eigenvalue weighted by atomic mass is 19.1. The van der Waals surface area contributed by atoms with E-state index >= 15 is 0 Å². The molecule has 6 heteroatoms. The number of nitrogens with one attached hydrogen (secondary N) is 1. The second kappa shape index (κ2) is 5.36. The van der Waals surface area contributed by atoms with E-state index in [1.54, 1.807) is 0 Å². The number of carbonyl (C=O) groups is 2. The van der Waals surface area contributed by atoms with E-state index in [0.717, 1.165) is 31.0 Å². The van der Waals surface area contributed by atoms with Crippen molar-refractivity contribution in [3.8, 4) is 0 Å². The van der Waals surface area contributed by atoms with E-state index in [4.69, 9.17) is 10.8 Å². The lowest BCUT2D eigenvalue weighted by molar-refractivity contribution is -0.120. The second-order valence-corrected chi connectivity index (χ2v) is 4.69. The predicted molar refractivity (Wildman–Crippen MR) is 67.3 cm³/mol. The van der Waals surface area contributed by atoms with E-state index in [0.29, 0.717) is 6.42 Å². The van der Waals surface area contributed by atoms with Gasteiger partial charge in [-0.1, -0.05) is 6.42 Å². The highest BCUT2D eigenvalue weighted by Crippen LogP contribution is 2.26. The molecule has 0 aliphatic heterocycles. The van der Waals surface area contributed by atoms with Crippen molar-refractivity contribution in [3.63, 3.8) is 0 Å². The summed E-state index contributed by atoms with van der Waals surface area (Å²) in [5.74, 6) is -2.51. The summed E-state index contributed by atoms with van der Waals surface area (Å²) < 4.78 is 13.1. The Morgan fingerprint density at radius 1 is 1.37 bits per heavy atom. The van der Waals surface area contributed by atoms with Crippen molar-refractivity contribution in [3.05, 3.63) is 29.6 Å². The molecule has 1 aromatic carbocycles. The molecule has 0 radical (unpaired) electrons. The summed E-state index contributed by atoms with van der Waals surface area (Å²) in [6.07, 6.45) is 2.31. The molecular formula is C13H15FN2O3. The lowest BCUT2D eigenvalue weighted by atomic mass is 10.0. The quantitative estimate of drug-likeness (QED) is 0.774. The molecule has 2 unspecified atom stereocenters. The zero-order chi connectivity index (χ0) is 14.0. The average molecular weight is 266 g/mol. The van der Waals surface area contributed by atoms with E-state index in [-0.39, 0.29) is 29.1 Å². The number of rotatable bonds is 3. The fourth-order valence-electron chi connectivity index (χ4n) is 2.35. The van der Waals surface area contributed by atoms with Gasteiger partial charge in [0.25, 0.3) is 0 Å². The second-order valence-electron chi connectivity index (χ2n) is 4.69. The Kier molecular flexibility index (Phi) is 3.80. The van der Waals surface area contributed by atoms with Gasteiger partial charge in [-0.3, -0.25) is 4.79 Å². The van der Waals surface area contributed by atoms with Crippen LogP contribution in [0.15, 0.2) is 18.2 Å². The summed E-state index contributed by atoms with van der Waals surface area (Å²) in [4.78, 5) is 23.0. The standard InChI is InChI=1S/C13H15FN2O3/c14-7-4-5-9(13(18)19)11(6-7)16-12(17)8-2-1-3-10(8)15/h4-6,8,10H,1-3,15H2,(H,16,17)(H,18,19). The summed E-state index contributed by atoms with van der Waals surface area (Å²) in [5.41, 5.74) is 5.64. The van der Waals surface area contributed by atoms with Crippen molar-refractivity contribution in [2.45, 2.75) is 25.3 Å². The zero-order valence-corrected chi connectivity index (χ0v) is 10.2. The minimum absolute atomic E-state index is 0.0309. The molecule has 2 rings (SSSR count). The fourth-order valence-corrected chi connectivity index (χ4v) is 2.35. The van der Waals surface area contributed by atoms with Gasteiger partial charge >= 0.3 is 5.97 Å². The van der Waals surface area contributed by atoms with Crippen molar-refractivity contribution in [1.82, 2.24) is 0 Å². The van der Waals surface area contributed by atoms with E-state index in [1.165, 1.54) is 0 Å². The van der Waals surface area contributed by atoms with Gasteiger partial charge in [0.05, 0.1) is 17.2 Å². The summed E-state index contributed by atoms with van der Waals surface area (Å²) in [7, 11) is 0. The van der Waals surface area contributed by atoms with Crippen molar-refractivity contribution in [1.29, 1.82) is 0 Å². The molecule has 4 N–H and O–H groups in total. The molecule has 19 heavy (non-hydrogen) atoms. The molecule has 0 spiro atoms. The number of anilines is 1. The Morgan fingerprint density at radius 2 is 2.11 bits per heavy atom. The van der Waals surface area contributed by atoms with Gasteiger partial charge in [0.2, 0.25) is 5.91 Å². The van der Waals surface area contributed by atoms with Crippen LogP contribution < -0.4 is 11.1 Å². The third-order valence-electron chi connectivity index (χ3n) is 3.38. The molecule has 0 aromatic heterocycles. The Bertz CT molecular complexity index is 519. The smallest absolute Gasteiger partial charge is 0.337 e. The summed E-state index contributed by atoms with van der Waals surface area (Å²) >= 11 is 0. The lowest BCUT2D eigenvalue weighted by Crippen LogP contribution is -2.34. The first kappa shape index (κ1) is 13.5. The van der Waals surface area contributed by atoms with Crippen LogP contribution in [0.5, 0.6) is 0 Å². The van der Waals surface area contributed by atoms with Crippen LogP contribution in [0.2, 0.25) is 0 Å². The van der Waals surface area contributed by atoms with Crippen LogP contribution >= 0.6 is 0 Å². The Labute approximate surface area is 109 Å². The molecule has 0 saturated heterocycles. The SMILES string of the molecule is NC1CCCC1C(=O)Nc1cc(F)ccc1C(=O)O. The van der Waals surface area contributed by atoms with Gasteiger partial charge in [0.15, 0.2) is 0 Å². The van der Waals surface area contributed by atoms with Gasteiger partial charge in [-0.05, 0) is 31.0 Å². The first-order valence-electron chi connectivity index (χ1n) is 6.08.